The van der Waals surface area contributed by atoms with Crippen LogP contribution in [0, 0.1) is 0 Å². The van der Waals surface area contributed by atoms with Gasteiger partial charge in [0.15, 0.2) is 0 Å². The number of hydrogen-bond donors (Lipinski definition) is 0. The summed E-state index contributed by atoms with van der Waals surface area (Å²) >= 11 is 0. The molecule has 0 saturated carbocycles. The van der Waals surface area contributed by atoms with Gasteiger partial charge in [0, 0.05) is 45.7 Å². The van der Waals surface area contributed by atoms with Crippen LogP contribution in [-0.4, -0.2) is 59.7 Å². The Bertz CT molecular complexity index is 835. The summed E-state index contributed by atoms with van der Waals surface area (Å²) in [7, 11) is 1.59. The smallest absolute Gasteiger partial charge is 0.406 e. The van der Waals surface area contributed by atoms with Crippen LogP contribution >= 0.6 is 0 Å². The summed E-state index contributed by atoms with van der Waals surface area (Å²) in [5.41, 5.74) is 0.815. The van der Waals surface area contributed by atoms with Crippen molar-refractivity contribution in [2.75, 3.05) is 26.9 Å². The van der Waals surface area contributed by atoms with Gasteiger partial charge in [-0.3, -0.25) is 4.79 Å². The number of hydrogen-bond acceptors (Lipinski definition) is 5. The predicted octanol–water partition coefficient (Wildman–Crippen LogP) is 3.25. The zero-order valence-electron chi connectivity index (χ0n) is 16.6. The maximum Gasteiger partial charge on any atom is 0.573 e. The minimum atomic E-state index is -4.77. The quantitative estimate of drug-likeness (QED) is 0.647. The van der Waals surface area contributed by atoms with Crippen molar-refractivity contribution in [3.05, 3.63) is 48.0 Å². The van der Waals surface area contributed by atoms with Gasteiger partial charge in [-0.2, -0.15) is 0 Å². The van der Waals surface area contributed by atoms with Crippen LogP contribution in [-0.2, 0) is 22.6 Å². The van der Waals surface area contributed by atoms with Gasteiger partial charge < -0.3 is 23.7 Å². The van der Waals surface area contributed by atoms with Gasteiger partial charge in [0.1, 0.15) is 11.4 Å². The number of carbonyl (C=O) groups is 1. The van der Waals surface area contributed by atoms with E-state index in [-0.39, 0.29) is 29.9 Å². The molecule has 2 aromatic rings. The minimum absolute atomic E-state index is 0.0948. The van der Waals surface area contributed by atoms with Crippen molar-refractivity contribution in [1.29, 1.82) is 0 Å². The van der Waals surface area contributed by atoms with E-state index < -0.39 is 6.36 Å². The lowest BCUT2D eigenvalue weighted by atomic mass is 10.0. The molecule has 1 fully saturated rings. The summed E-state index contributed by atoms with van der Waals surface area (Å²) in [4.78, 5) is 19.1. The van der Waals surface area contributed by atoms with Crippen LogP contribution in [0.15, 0.2) is 36.8 Å². The second-order valence-electron chi connectivity index (χ2n) is 6.96. The summed E-state index contributed by atoms with van der Waals surface area (Å²) in [6.07, 6.45) is -0.267. The highest BCUT2D eigenvalue weighted by Crippen LogP contribution is 2.25. The SMILES string of the molecule is COCCn1cnc(C(=O)N(Cc2cccc(OC(F)(F)F)c2)C2CCOCC2)c1. The number of carbonyl (C=O) groups excluding carboxylic acids is 1. The standard InChI is InChI=1S/C20H24F3N3O4/c1-28-10-7-25-13-18(24-14-25)19(27)26(16-5-8-29-9-6-16)12-15-3-2-4-17(11-15)30-20(21,22)23/h2-4,11,13-14,16H,5-10,12H2,1H3. The highest BCUT2D eigenvalue weighted by atomic mass is 19.4. The van der Waals surface area contributed by atoms with Gasteiger partial charge in [-0.1, -0.05) is 12.1 Å². The van der Waals surface area contributed by atoms with E-state index in [1.165, 1.54) is 18.2 Å². The number of halogens is 3. The van der Waals surface area contributed by atoms with E-state index in [4.69, 9.17) is 9.47 Å². The number of amides is 1. The first-order valence-corrected chi connectivity index (χ1v) is 9.60. The fraction of sp³-hybridized carbons (Fsp3) is 0.500. The fourth-order valence-corrected chi connectivity index (χ4v) is 3.34. The van der Waals surface area contributed by atoms with Gasteiger partial charge in [-0.15, -0.1) is 13.2 Å². The summed E-state index contributed by atoms with van der Waals surface area (Å²) < 4.78 is 53.8. The van der Waals surface area contributed by atoms with E-state index in [0.29, 0.717) is 44.8 Å². The maximum atomic E-state index is 13.2. The molecule has 10 heteroatoms. The maximum absolute atomic E-state index is 13.2. The molecule has 0 unspecified atom stereocenters. The Hall–Kier alpha value is -2.59. The van der Waals surface area contributed by atoms with E-state index in [2.05, 4.69) is 9.72 Å². The Morgan fingerprint density at radius 3 is 2.80 bits per heavy atom. The summed E-state index contributed by atoms with van der Waals surface area (Å²) in [6, 6.07) is 5.57. The lowest BCUT2D eigenvalue weighted by Gasteiger charge is -2.34. The highest BCUT2D eigenvalue weighted by Gasteiger charge is 2.32. The second-order valence-corrected chi connectivity index (χ2v) is 6.96. The molecule has 1 amide bonds. The number of imidazole rings is 1. The number of rotatable bonds is 8. The molecule has 0 N–H and O–H groups in total. The average molecular weight is 427 g/mol. The van der Waals surface area contributed by atoms with E-state index in [1.54, 1.807) is 35.2 Å². The number of methoxy groups -OCH3 is 1. The Morgan fingerprint density at radius 1 is 1.33 bits per heavy atom. The third-order valence-corrected chi connectivity index (χ3v) is 4.78. The van der Waals surface area contributed by atoms with Crippen molar-refractivity contribution in [1.82, 2.24) is 14.5 Å². The molecule has 3 rings (SSSR count). The lowest BCUT2D eigenvalue weighted by Crippen LogP contribution is -2.43. The largest absolute Gasteiger partial charge is 0.573 e. The van der Waals surface area contributed by atoms with Crippen LogP contribution in [0.5, 0.6) is 5.75 Å². The zero-order valence-corrected chi connectivity index (χ0v) is 16.6. The van der Waals surface area contributed by atoms with Crippen LogP contribution in [0.2, 0.25) is 0 Å². The molecule has 0 aliphatic carbocycles. The van der Waals surface area contributed by atoms with Crippen LogP contribution < -0.4 is 4.74 Å². The molecule has 0 atom stereocenters. The molecule has 30 heavy (non-hydrogen) atoms. The molecule has 1 saturated heterocycles. The van der Waals surface area contributed by atoms with Crippen molar-refractivity contribution < 1.29 is 32.2 Å². The van der Waals surface area contributed by atoms with Gasteiger partial charge in [-0.05, 0) is 30.5 Å². The molecule has 7 nitrogen and oxygen atoms in total. The van der Waals surface area contributed by atoms with Gasteiger partial charge in [0.05, 0.1) is 12.9 Å². The molecule has 0 radical (unpaired) electrons. The number of aromatic nitrogens is 2. The van der Waals surface area contributed by atoms with Crippen LogP contribution in [0.3, 0.4) is 0 Å². The average Bonchev–Trinajstić information content (AvgIpc) is 3.19. The first kappa shape index (κ1) is 22.1. The third-order valence-electron chi connectivity index (χ3n) is 4.78. The molecule has 1 aromatic carbocycles. The Kier molecular flexibility index (Phi) is 7.33. The molecular weight excluding hydrogens is 403 g/mol. The van der Waals surface area contributed by atoms with Gasteiger partial charge in [0.25, 0.3) is 5.91 Å². The number of ether oxygens (including phenoxy) is 3. The molecule has 1 aliphatic heterocycles. The van der Waals surface area contributed by atoms with E-state index in [0.717, 1.165) is 0 Å². The summed E-state index contributed by atoms with van der Waals surface area (Å²) in [5.74, 6) is -0.594. The van der Waals surface area contributed by atoms with Crippen LogP contribution in [0.25, 0.3) is 0 Å². The summed E-state index contributed by atoms with van der Waals surface area (Å²) in [6.45, 7) is 2.23. The predicted molar refractivity (Wildman–Crippen MR) is 101 cm³/mol. The molecule has 1 aliphatic rings. The first-order chi connectivity index (χ1) is 14.4. The highest BCUT2D eigenvalue weighted by molar-refractivity contribution is 5.92. The summed E-state index contributed by atoms with van der Waals surface area (Å²) in [5, 5.41) is 0. The van der Waals surface area contributed by atoms with E-state index >= 15 is 0 Å². The van der Waals surface area contributed by atoms with Gasteiger partial charge in [0.2, 0.25) is 0 Å². The van der Waals surface area contributed by atoms with E-state index in [9.17, 15) is 18.0 Å². The van der Waals surface area contributed by atoms with Crippen molar-refractivity contribution in [2.45, 2.75) is 38.3 Å². The number of benzene rings is 1. The number of alkyl halides is 3. The normalized spacial score (nSPS) is 15.2. The molecule has 0 spiro atoms. The zero-order chi connectivity index (χ0) is 21.6. The van der Waals surface area contributed by atoms with Crippen molar-refractivity contribution in [3.63, 3.8) is 0 Å². The van der Waals surface area contributed by atoms with Crippen molar-refractivity contribution in [2.24, 2.45) is 0 Å². The van der Waals surface area contributed by atoms with Gasteiger partial charge in [-0.25, -0.2) is 4.98 Å². The minimum Gasteiger partial charge on any atom is -0.406 e. The lowest BCUT2D eigenvalue weighted by molar-refractivity contribution is -0.274. The van der Waals surface area contributed by atoms with Crippen molar-refractivity contribution in [3.8, 4) is 5.75 Å². The Labute approximate surface area is 172 Å². The van der Waals surface area contributed by atoms with Crippen molar-refractivity contribution >= 4 is 5.91 Å². The first-order valence-electron chi connectivity index (χ1n) is 9.60. The second kappa shape index (κ2) is 9.94. The van der Waals surface area contributed by atoms with Gasteiger partial charge >= 0.3 is 6.36 Å². The Balaban J connectivity index is 1.80. The molecule has 0 bridgehead atoms. The third kappa shape index (κ3) is 6.20. The molecule has 164 valence electrons. The molecule has 2 heterocycles. The topological polar surface area (TPSA) is 65.8 Å². The molecule has 1 aromatic heterocycles. The molecular formula is C20H24F3N3O4. The number of nitrogens with zero attached hydrogens (tertiary/aromatic N) is 3. The monoisotopic (exact) mass is 427 g/mol. The van der Waals surface area contributed by atoms with Crippen LogP contribution in [0.4, 0.5) is 13.2 Å². The fourth-order valence-electron chi connectivity index (χ4n) is 3.34. The van der Waals surface area contributed by atoms with Crippen LogP contribution in [0.1, 0.15) is 28.9 Å². The van der Waals surface area contributed by atoms with E-state index in [1.807, 2.05) is 0 Å². The Morgan fingerprint density at radius 2 is 2.10 bits per heavy atom.